The quantitative estimate of drug-likeness (QED) is 0.894. The van der Waals surface area contributed by atoms with Crippen molar-refractivity contribution in [3.63, 3.8) is 0 Å². The molecule has 0 aliphatic carbocycles. The molecule has 4 heteroatoms. The third-order valence-electron chi connectivity index (χ3n) is 2.90. The van der Waals surface area contributed by atoms with Crippen LogP contribution in [0.25, 0.3) is 0 Å². The van der Waals surface area contributed by atoms with E-state index in [4.69, 9.17) is 0 Å². The smallest absolute Gasteiger partial charge is 0.126 e. The van der Waals surface area contributed by atoms with Crippen molar-refractivity contribution in [2.24, 2.45) is 0 Å². The number of hydrogen-bond donors (Lipinski definition) is 1. The highest BCUT2D eigenvalue weighted by atomic mass is 19.1. The van der Waals surface area contributed by atoms with Gasteiger partial charge in [0.1, 0.15) is 11.6 Å². The predicted molar refractivity (Wildman–Crippen MR) is 70.7 cm³/mol. The van der Waals surface area contributed by atoms with Crippen LogP contribution in [0.15, 0.2) is 42.7 Å². The zero-order valence-corrected chi connectivity index (χ0v) is 10.7. The highest BCUT2D eigenvalue weighted by molar-refractivity contribution is 5.23. The molecule has 2 rings (SSSR count). The lowest BCUT2D eigenvalue weighted by Crippen LogP contribution is -2.23. The van der Waals surface area contributed by atoms with Crippen LogP contribution in [0.1, 0.15) is 24.1 Å². The van der Waals surface area contributed by atoms with Gasteiger partial charge in [0.15, 0.2) is 0 Å². The van der Waals surface area contributed by atoms with Crippen LogP contribution in [0, 0.1) is 11.6 Å². The van der Waals surface area contributed by atoms with Gasteiger partial charge in [0.05, 0.1) is 0 Å². The van der Waals surface area contributed by atoms with Crippen molar-refractivity contribution in [1.82, 2.24) is 10.3 Å². The van der Waals surface area contributed by atoms with Crippen molar-refractivity contribution in [2.45, 2.75) is 19.4 Å². The van der Waals surface area contributed by atoms with E-state index >= 15 is 0 Å². The lowest BCUT2D eigenvalue weighted by atomic mass is 10.00. The first-order chi connectivity index (χ1) is 9.19. The van der Waals surface area contributed by atoms with E-state index in [0.29, 0.717) is 12.0 Å². The summed E-state index contributed by atoms with van der Waals surface area (Å²) >= 11 is 0. The molecule has 1 unspecified atom stereocenters. The highest BCUT2D eigenvalue weighted by Gasteiger charge is 2.12. The summed E-state index contributed by atoms with van der Waals surface area (Å²) in [6.07, 6.45) is 3.99. The lowest BCUT2D eigenvalue weighted by Gasteiger charge is -2.18. The van der Waals surface area contributed by atoms with Gasteiger partial charge in [-0.2, -0.15) is 0 Å². The SMILES string of the molecule is CCNC(Cc1cc(F)cc(F)c1)c1cccnc1. The molecule has 0 fully saturated rings. The second-order valence-electron chi connectivity index (χ2n) is 4.38. The van der Waals surface area contributed by atoms with Crippen LogP contribution in [0.3, 0.4) is 0 Å². The van der Waals surface area contributed by atoms with Gasteiger partial charge in [0, 0.05) is 24.5 Å². The number of hydrogen-bond acceptors (Lipinski definition) is 2. The molecule has 0 amide bonds. The third kappa shape index (κ3) is 3.83. The second-order valence-corrected chi connectivity index (χ2v) is 4.38. The lowest BCUT2D eigenvalue weighted by molar-refractivity contribution is 0.538. The average molecular weight is 262 g/mol. The van der Waals surface area contributed by atoms with Gasteiger partial charge in [-0.15, -0.1) is 0 Å². The van der Waals surface area contributed by atoms with Gasteiger partial charge < -0.3 is 5.32 Å². The van der Waals surface area contributed by atoms with E-state index in [-0.39, 0.29) is 6.04 Å². The molecule has 0 aliphatic heterocycles. The minimum atomic E-state index is -0.545. The number of pyridine rings is 1. The minimum absolute atomic E-state index is 0.0000926. The Balaban J connectivity index is 2.21. The fourth-order valence-electron chi connectivity index (χ4n) is 2.10. The Morgan fingerprint density at radius 3 is 2.53 bits per heavy atom. The number of rotatable bonds is 5. The van der Waals surface area contributed by atoms with E-state index in [2.05, 4.69) is 10.3 Å². The second kappa shape index (κ2) is 6.38. The van der Waals surface area contributed by atoms with E-state index in [0.717, 1.165) is 18.2 Å². The molecule has 2 nitrogen and oxygen atoms in total. The Kier molecular flexibility index (Phi) is 4.58. The van der Waals surface area contributed by atoms with Crippen LogP contribution in [0.2, 0.25) is 0 Å². The molecule has 1 aromatic carbocycles. The Hall–Kier alpha value is -1.81. The number of benzene rings is 1. The zero-order chi connectivity index (χ0) is 13.7. The van der Waals surface area contributed by atoms with Gasteiger partial charge >= 0.3 is 0 Å². The molecule has 0 spiro atoms. The molecule has 1 aromatic heterocycles. The van der Waals surface area contributed by atoms with Crippen molar-refractivity contribution in [2.75, 3.05) is 6.54 Å². The molecule has 100 valence electrons. The summed E-state index contributed by atoms with van der Waals surface area (Å²) in [6.45, 7) is 2.77. The third-order valence-corrected chi connectivity index (χ3v) is 2.90. The maximum Gasteiger partial charge on any atom is 0.126 e. The Morgan fingerprint density at radius 2 is 1.95 bits per heavy atom. The largest absolute Gasteiger partial charge is 0.310 e. The van der Waals surface area contributed by atoms with Gasteiger partial charge in [-0.3, -0.25) is 4.98 Å². The molecule has 0 saturated heterocycles. The van der Waals surface area contributed by atoms with E-state index < -0.39 is 11.6 Å². The van der Waals surface area contributed by atoms with Gasteiger partial charge in [-0.1, -0.05) is 13.0 Å². The van der Waals surface area contributed by atoms with Crippen LogP contribution in [0.5, 0.6) is 0 Å². The first-order valence-corrected chi connectivity index (χ1v) is 6.27. The number of nitrogens with one attached hydrogen (secondary N) is 1. The Morgan fingerprint density at radius 1 is 1.21 bits per heavy atom. The summed E-state index contributed by atoms with van der Waals surface area (Å²) in [5, 5.41) is 3.30. The summed E-state index contributed by atoms with van der Waals surface area (Å²) in [5.41, 5.74) is 1.64. The van der Waals surface area contributed by atoms with E-state index in [1.165, 1.54) is 12.1 Å². The van der Waals surface area contributed by atoms with Gasteiger partial charge in [-0.05, 0) is 42.3 Å². The molecule has 1 atom stereocenters. The minimum Gasteiger partial charge on any atom is -0.310 e. The van der Waals surface area contributed by atoms with Crippen molar-refractivity contribution in [3.8, 4) is 0 Å². The molecule has 0 radical (unpaired) electrons. The monoisotopic (exact) mass is 262 g/mol. The molecule has 1 N–H and O–H groups in total. The predicted octanol–water partition coefficient (Wildman–Crippen LogP) is 3.25. The summed E-state index contributed by atoms with van der Waals surface area (Å²) in [4.78, 5) is 4.08. The van der Waals surface area contributed by atoms with Crippen LogP contribution in [-0.4, -0.2) is 11.5 Å². The van der Waals surface area contributed by atoms with Gasteiger partial charge in [-0.25, -0.2) is 8.78 Å². The first-order valence-electron chi connectivity index (χ1n) is 6.27. The van der Waals surface area contributed by atoms with Crippen LogP contribution in [0.4, 0.5) is 8.78 Å². The van der Waals surface area contributed by atoms with E-state index in [9.17, 15) is 8.78 Å². The van der Waals surface area contributed by atoms with E-state index in [1.807, 2.05) is 19.1 Å². The molecule has 0 aliphatic rings. The highest BCUT2D eigenvalue weighted by Crippen LogP contribution is 2.19. The maximum absolute atomic E-state index is 13.2. The Labute approximate surface area is 111 Å². The number of nitrogens with zero attached hydrogens (tertiary/aromatic N) is 1. The Bertz CT molecular complexity index is 509. The molecule has 19 heavy (non-hydrogen) atoms. The molecule has 2 aromatic rings. The van der Waals surface area contributed by atoms with Crippen molar-refractivity contribution < 1.29 is 8.78 Å². The van der Waals surface area contributed by atoms with Gasteiger partial charge in [0.2, 0.25) is 0 Å². The molecule has 1 heterocycles. The van der Waals surface area contributed by atoms with Crippen LogP contribution < -0.4 is 5.32 Å². The van der Waals surface area contributed by atoms with Crippen molar-refractivity contribution >= 4 is 0 Å². The topological polar surface area (TPSA) is 24.9 Å². The fraction of sp³-hybridized carbons (Fsp3) is 0.267. The van der Waals surface area contributed by atoms with Crippen molar-refractivity contribution in [1.29, 1.82) is 0 Å². The standard InChI is InChI=1S/C15H16F2N2/c1-2-19-15(12-4-3-5-18-10-12)8-11-6-13(16)9-14(17)7-11/h3-7,9-10,15,19H,2,8H2,1H3. The number of aromatic nitrogens is 1. The van der Waals surface area contributed by atoms with Crippen molar-refractivity contribution in [3.05, 3.63) is 65.5 Å². The normalized spacial score (nSPS) is 12.4. The summed E-state index contributed by atoms with van der Waals surface area (Å²) in [5.74, 6) is -1.09. The van der Waals surface area contributed by atoms with E-state index in [1.54, 1.807) is 12.4 Å². The average Bonchev–Trinajstić information content (AvgIpc) is 2.38. The first kappa shape index (κ1) is 13.6. The molecule has 0 saturated carbocycles. The summed E-state index contributed by atoms with van der Waals surface area (Å²) in [6, 6.07) is 7.42. The zero-order valence-electron chi connectivity index (χ0n) is 10.7. The van der Waals surface area contributed by atoms with Crippen LogP contribution >= 0.6 is 0 Å². The molecule has 0 bridgehead atoms. The maximum atomic E-state index is 13.2. The van der Waals surface area contributed by atoms with Gasteiger partial charge in [0.25, 0.3) is 0 Å². The number of halogens is 2. The number of likely N-dealkylation sites (N-methyl/N-ethyl adjacent to an activating group) is 1. The fourth-order valence-corrected chi connectivity index (χ4v) is 2.10. The van der Waals surface area contributed by atoms with Crippen LogP contribution in [-0.2, 0) is 6.42 Å². The molecular weight excluding hydrogens is 246 g/mol. The summed E-state index contributed by atoms with van der Waals surface area (Å²) < 4.78 is 26.4. The summed E-state index contributed by atoms with van der Waals surface area (Å²) in [7, 11) is 0. The molecular formula is C15H16F2N2.